The molecule has 0 N–H and O–H groups in total. The van der Waals surface area contributed by atoms with Crippen LogP contribution in [0.2, 0.25) is 0 Å². The van der Waals surface area contributed by atoms with Crippen molar-refractivity contribution in [3.05, 3.63) is 456 Å². The van der Waals surface area contributed by atoms with Crippen molar-refractivity contribution in [3.63, 3.8) is 0 Å². The average molecular weight is 1610 g/mol. The Bertz CT molecular complexity index is 8180. The number of para-hydroxylation sites is 9. The molecule has 9 heterocycles. The Morgan fingerprint density at radius 1 is 0.151 bits per heavy atom. The topological polar surface area (TPSA) is 68.2 Å². The van der Waals surface area contributed by atoms with Crippen LogP contribution in [-0.4, -0.2) is 42.4 Å². The molecule has 9 aromatic heterocycles. The molecule has 0 bridgehead atoms. The summed E-state index contributed by atoms with van der Waals surface area (Å²) < 4.78 is 14.2. The van der Waals surface area contributed by atoms with Crippen LogP contribution in [0.3, 0.4) is 0 Å². The second-order valence-electron chi connectivity index (χ2n) is 32.6. The first-order chi connectivity index (χ1) is 62.5. The number of nitrogens with zero attached hydrogens (tertiary/aromatic N) is 9. The van der Waals surface area contributed by atoms with E-state index < -0.39 is 0 Å². The maximum Gasteiger partial charge on any atom is 0.0709 e. The molecular weight excluding hydrogens is 1530 g/mol. The first-order valence-corrected chi connectivity index (χ1v) is 42.9. The van der Waals surface area contributed by atoms with Crippen LogP contribution in [0, 0.1) is 0 Å². The molecule has 9 nitrogen and oxygen atoms in total. The normalized spacial score (nSPS) is 11.8. The van der Waals surface area contributed by atoms with E-state index in [0.717, 1.165) is 28.0 Å². The highest BCUT2D eigenvalue weighted by Crippen LogP contribution is 2.46. The van der Waals surface area contributed by atoms with E-state index in [2.05, 4.69) is 461 Å². The maximum absolute atomic E-state index is 4.68. The Morgan fingerprint density at radius 3 is 0.802 bits per heavy atom. The van der Waals surface area contributed by atoms with Gasteiger partial charge in [-0.2, -0.15) is 0 Å². The summed E-state index contributed by atoms with van der Waals surface area (Å²) in [7, 11) is 0. The van der Waals surface area contributed by atoms with Crippen LogP contribution in [0.15, 0.2) is 456 Å². The molecule has 0 atom stereocenters. The summed E-state index contributed by atoms with van der Waals surface area (Å²) in [5, 5.41) is 20.9. The second kappa shape index (κ2) is 29.4. The van der Waals surface area contributed by atoms with Gasteiger partial charge in [-0.25, -0.2) is 0 Å². The summed E-state index contributed by atoms with van der Waals surface area (Å²) in [6, 6.07) is 153. The summed E-state index contributed by atoms with van der Waals surface area (Å²) in [5.41, 5.74) is 29.7. The van der Waals surface area contributed by atoms with E-state index in [1.807, 2.05) is 37.1 Å². The van der Waals surface area contributed by atoms with Crippen LogP contribution in [0.1, 0.15) is 0 Å². The number of pyridine rings is 3. The summed E-state index contributed by atoms with van der Waals surface area (Å²) in [5.74, 6) is 0. The molecule has 27 aromatic rings. The highest BCUT2D eigenvalue weighted by atomic mass is 15.0. The molecule has 0 unspecified atom stereocenters. The lowest BCUT2D eigenvalue weighted by atomic mass is 9.99. The number of hydrogen-bond acceptors (Lipinski definition) is 3. The van der Waals surface area contributed by atoms with E-state index in [4.69, 9.17) is 0 Å². The first kappa shape index (κ1) is 71.9. The van der Waals surface area contributed by atoms with Crippen molar-refractivity contribution in [2.45, 2.75) is 0 Å². The summed E-state index contributed by atoms with van der Waals surface area (Å²) in [6.45, 7) is 0. The predicted octanol–water partition coefficient (Wildman–Crippen LogP) is 30.3. The summed E-state index contributed by atoms with van der Waals surface area (Å²) in [4.78, 5) is 13.6. The molecule has 126 heavy (non-hydrogen) atoms. The minimum absolute atomic E-state index is 1.01. The third kappa shape index (κ3) is 11.6. The largest absolute Gasteiger partial charge is 0.309 e. The molecule has 27 rings (SSSR count). The molecular formula is C117H75N9. The van der Waals surface area contributed by atoms with Crippen LogP contribution in [-0.2, 0) is 0 Å². The van der Waals surface area contributed by atoms with Crippen LogP contribution < -0.4 is 0 Å². The minimum atomic E-state index is 1.01. The van der Waals surface area contributed by atoms with E-state index in [9.17, 15) is 0 Å². The molecule has 0 radical (unpaired) electrons. The number of fused-ring (bicyclic) bond motifs is 24. The number of rotatable bonds is 9. The van der Waals surface area contributed by atoms with Gasteiger partial charge < -0.3 is 27.4 Å². The zero-order valence-corrected chi connectivity index (χ0v) is 68.3. The van der Waals surface area contributed by atoms with Gasteiger partial charge in [0.2, 0.25) is 0 Å². The molecule has 0 aliphatic rings. The Morgan fingerprint density at radius 2 is 0.421 bits per heavy atom. The summed E-state index contributed by atoms with van der Waals surface area (Å²) >= 11 is 0. The SMILES string of the molecule is c1ccc(-n2c3ccccc3c3cc(-c4ccc5c(c4)c4c6cccnc6ccc4n5-c4ccccc4)ccc32)cc1.c1ccc(-n2c3ccccc3c3cc(-c4ccc5c(c4)c4c6ccncc6ccc4n5-c4ccccc4)ccc32)cc1.c1ccc(-n2c3ccccc3c3cc(-c4ccc5c(c4)c4c6cnccc6ccc4n5-c4ccccc4)ccc32)cc1. The molecule has 0 saturated heterocycles. The minimum Gasteiger partial charge on any atom is -0.309 e. The molecule has 0 amide bonds. The third-order valence-corrected chi connectivity index (χ3v) is 25.7. The average Bonchev–Trinajstić information content (AvgIpc) is 1.58. The van der Waals surface area contributed by atoms with Crippen molar-refractivity contribution in [1.29, 1.82) is 0 Å². The van der Waals surface area contributed by atoms with Gasteiger partial charge in [-0.15, -0.1) is 0 Å². The van der Waals surface area contributed by atoms with E-state index in [0.29, 0.717) is 0 Å². The third-order valence-electron chi connectivity index (χ3n) is 25.7. The number of benzene rings is 18. The smallest absolute Gasteiger partial charge is 0.0709 e. The molecule has 0 saturated carbocycles. The van der Waals surface area contributed by atoms with Crippen LogP contribution in [0.5, 0.6) is 0 Å². The zero-order chi connectivity index (χ0) is 82.9. The Hall–Kier alpha value is -17.0. The van der Waals surface area contributed by atoms with Gasteiger partial charge in [0.15, 0.2) is 0 Å². The van der Waals surface area contributed by atoms with Crippen molar-refractivity contribution >= 4 is 163 Å². The monoisotopic (exact) mass is 1610 g/mol. The van der Waals surface area contributed by atoms with Crippen molar-refractivity contribution in [1.82, 2.24) is 42.4 Å². The molecule has 0 aliphatic carbocycles. The van der Waals surface area contributed by atoms with Crippen LogP contribution >= 0.6 is 0 Å². The van der Waals surface area contributed by atoms with Crippen molar-refractivity contribution in [2.24, 2.45) is 0 Å². The molecule has 0 fully saturated rings. The molecule has 18 aromatic carbocycles. The lowest BCUT2D eigenvalue weighted by Crippen LogP contribution is -1.93. The van der Waals surface area contributed by atoms with Crippen LogP contribution in [0.25, 0.3) is 231 Å². The molecule has 588 valence electrons. The number of aromatic nitrogens is 9. The van der Waals surface area contributed by atoms with Crippen molar-refractivity contribution < 1.29 is 0 Å². The van der Waals surface area contributed by atoms with Gasteiger partial charge in [0.25, 0.3) is 0 Å². The van der Waals surface area contributed by atoms with E-state index in [1.54, 1.807) is 0 Å². The van der Waals surface area contributed by atoms with Crippen molar-refractivity contribution in [2.75, 3.05) is 0 Å². The molecule has 0 aliphatic heterocycles. The Kier molecular flexibility index (Phi) is 16.8. The lowest BCUT2D eigenvalue weighted by molar-refractivity contribution is 1.18. The van der Waals surface area contributed by atoms with Gasteiger partial charge in [0.1, 0.15) is 0 Å². The van der Waals surface area contributed by atoms with Gasteiger partial charge in [0.05, 0.1) is 71.7 Å². The van der Waals surface area contributed by atoms with Crippen LogP contribution in [0.4, 0.5) is 0 Å². The van der Waals surface area contributed by atoms with E-state index in [1.165, 1.54) is 203 Å². The van der Waals surface area contributed by atoms with E-state index >= 15 is 0 Å². The first-order valence-electron chi connectivity index (χ1n) is 42.9. The number of hydrogen-bond donors (Lipinski definition) is 0. The van der Waals surface area contributed by atoms with Gasteiger partial charge in [-0.1, -0.05) is 218 Å². The summed E-state index contributed by atoms with van der Waals surface area (Å²) in [6.07, 6.45) is 9.60. The maximum atomic E-state index is 4.68. The molecule has 9 heteroatoms. The van der Waals surface area contributed by atoms with Gasteiger partial charge in [-0.05, 0) is 250 Å². The fourth-order valence-electron chi connectivity index (χ4n) is 20.2. The quantitative estimate of drug-likeness (QED) is 0.145. The van der Waals surface area contributed by atoms with Gasteiger partial charge in [0, 0.05) is 146 Å². The molecule has 0 spiro atoms. The van der Waals surface area contributed by atoms with E-state index in [-0.39, 0.29) is 0 Å². The fourth-order valence-corrected chi connectivity index (χ4v) is 20.2. The fraction of sp³-hybridized carbons (Fsp3) is 0. The predicted molar refractivity (Wildman–Crippen MR) is 528 cm³/mol. The lowest BCUT2D eigenvalue weighted by Gasteiger charge is -2.09. The Labute approximate surface area is 723 Å². The van der Waals surface area contributed by atoms with Gasteiger partial charge >= 0.3 is 0 Å². The zero-order valence-electron chi connectivity index (χ0n) is 68.3. The highest BCUT2D eigenvalue weighted by molar-refractivity contribution is 6.25. The highest BCUT2D eigenvalue weighted by Gasteiger charge is 2.24. The standard InChI is InChI=1S/3C39H25N3/c1-3-10-28(11-4-1)41-35-16-8-7-14-30(35)32-24-26(17-20-36(32)41)27-18-21-37-33(25-27)39-31-15-9-23-40-34(31)19-22-38(39)42(37)29-12-5-2-6-13-29;1-3-9-29(10-4-1)41-35-14-8-7-13-31(35)32-23-27(16-18-36(32)41)28-17-19-37-33(24-28)39-34-25-40-22-21-26(34)15-20-38(39)42(37)30-11-5-2-6-12-30;1-3-9-29(10-4-1)41-35-14-8-7-13-32(35)33-23-26(15-18-36(33)41)27-16-19-37-34(24-27)39-31-21-22-40-25-28(31)17-20-38(39)42(37)30-11-5-2-6-12-30/h3*1-25H. The second-order valence-corrected chi connectivity index (χ2v) is 32.6. The van der Waals surface area contributed by atoms with Gasteiger partial charge in [-0.3, -0.25) is 15.0 Å². The Balaban J connectivity index is 0.000000103. The van der Waals surface area contributed by atoms with Crippen molar-refractivity contribution in [3.8, 4) is 67.5 Å².